The minimum absolute atomic E-state index is 0.00991. The van der Waals surface area contributed by atoms with Crippen molar-refractivity contribution < 1.29 is 15.0 Å². The Kier molecular flexibility index (Phi) is 3.14. The summed E-state index contributed by atoms with van der Waals surface area (Å²) >= 11 is 11.1. The molecular weight excluding hydrogens is 215 g/mol. The summed E-state index contributed by atoms with van der Waals surface area (Å²) in [6.07, 6.45) is 0. The van der Waals surface area contributed by atoms with E-state index < -0.39 is 12.4 Å². The van der Waals surface area contributed by atoms with Crippen LogP contribution in [0.2, 0.25) is 10.0 Å². The van der Waals surface area contributed by atoms with Gasteiger partial charge in [-0.05, 0) is 12.1 Å². The zero-order chi connectivity index (χ0) is 10.0. The van der Waals surface area contributed by atoms with E-state index >= 15 is 0 Å². The van der Waals surface area contributed by atoms with Gasteiger partial charge in [0.05, 0.1) is 10.6 Å². The third kappa shape index (κ3) is 2.12. The van der Waals surface area contributed by atoms with Gasteiger partial charge in [-0.15, -0.1) is 0 Å². The van der Waals surface area contributed by atoms with Crippen LogP contribution >= 0.6 is 23.2 Å². The molecule has 0 radical (unpaired) electrons. The molecule has 0 bridgehead atoms. The number of carbonyl (C=O) groups is 1. The summed E-state index contributed by atoms with van der Waals surface area (Å²) < 4.78 is 0. The van der Waals surface area contributed by atoms with Gasteiger partial charge in [-0.3, -0.25) is 4.79 Å². The molecule has 0 heterocycles. The summed E-state index contributed by atoms with van der Waals surface area (Å²) in [7, 11) is 0. The first-order valence-corrected chi connectivity index (χ1v) is 4.14. The maximum Gasteiger partial charge on any atom is 0.191 e. The van der Waals surface area contributed by atoms with Crippen LogP contribution < -0.4 is 0 Å². The lowest BCUT2D eigenvalue weighted by atomic mass is 10.1. The topological polar surface area (TPSA) is 57.5 Å². The predicted molar refractivity (Wildman–Crippen MR) is 49.5 cm³/mol. The van der Waals surface area contributed by atoms with Gasteiger partial charge in [0, 0.05) is 5.02 Å². The van der Waals surface area contributed by atoms with Gasteiger partial charge in [0.2, 0.25) is 0 Å². The van der Waals surface area contributed by atoms with Crippen LogP contribution in [0.4, 0.5) is 0 Å². The number of halogens is 2. The predicted octanol–water partition coefficient (Wildman–Crippen LogP) is 1.87. The van der Waals surface area contributed by atoms with Crippen LogP contribution in [0.3, 0.4) is 0 Å². The molecule has 13 heavy (non-hydrogen) atoms. The van der Waals surface area contributed by atoms with E-state index in [4.69, 9.17) is 28.3 Å². The molecule has 2 N–H and O–H groups in total. The van der Waals surface area contributed by atoms with Crippen molar-refractivity contribution in [3.05, 3.63) is 27.7 Å². The summed E-state index contributed by atoms with van der Waals surface area (Å²) in [5.74, 6) is -0.980. The van der Waals surface area contributed by atoms with E-state index in [-0.39, 0.29) is 21.4 Å². The smallest absolute Gasteiger partial charge is 0.191 e. The van der Waals surface area contributed by atoms with Gasteiger partial charge < -0.3 is 10.2 Å². The number of ketones is 1. The highest BCUT2D eigenvalue weighted by Gasteiger charge is 2.13. The van der Waals surface area contributed by atoms with E-state index in [0.29, 0.717) is 0 Å². The molecule has 1 aromatic carbocycles. The molecule has 5 heteroatoms. The Balaban J connectivity index is 3.28. The first-order chi connectivity index (χ1) is 6.06. The van der Waals surface area contributed by atoms with Gasteiger partial charge in [0.15, 0.2) is 5.78 Å². The summed E-state index contributed by atoms with van der Waals surface area (Å²) in [6, 6.07) is 2.56. The van der Waals surface area contributed by atoms with Crippen molar-refractivity contribution in [2.24, 2.45) is 0 Å². The standard InChI is InChI=1S/C8H6Cl2O3/c9-4-1-5(7(12)3-11)8(13)6(10)2-4/h1-2,11,13H,3H2. The van der Waals surface area contributed by atoms with E-state index in [9.17, 15) is 9.90 Å². The number of aliphatic hydroxyl groups is 1. The highest BCUT2D eigenvalue weighted by atomic mass is 35.5. The quantitative estimate of drug-likeness (QED) is 0.749. The molecule has 0 saturated heterocycles. The van der Waals surface area contributed by atoms with Crippen LogP contribution in [-0.4, -0.2) is 22.6 Å². The van der Waals surface area contributed by atoms with Crippen LogP contribution in [0.5, 0.6) is 5.75 Å². The monoisotopic (exact) mass is 220 g/mol. The highest BCUT2D eigenvalue weighted by molar-refractivity contribution is 6.36. The van der Waals surface area contributed by atoms with E-state index in [1.807, 2.05) is 0 Å². The number of benzene rings is 1. The van der Waals surface area contributed by atoms with E-state index in [2.05, 4.69) is 0 Å². The van der Waals surface area contributed by atoms with Crippen LogP contribution in [0.25, 0.3) is 0 Å². The number of hydrogen-bond donors (Lipinski definition) is 2. The molecule has 0 saturated carbocycles. The van der Waals surface area contributed by atoms with Gasteiger partial charge in [-0.1, -0.05) is 23.2 Å². The van der Waals surface area contributed by atoms with Gasteiger partial charge in [0.25, 0.3) is 0 Å². The second-order valence-electron chi connectivity index (χ2n) is 2.37. The van der Waals surface area contributed by atoms with Gasteiger partial charge in [-0.2, -0.15) is 0 Å². The van der Waals surface area contributed by atoms with Crippen LogP contribution in [0.15, 0.2) is 12.1 Å². The summed E-state index contributed by atoms with van der Waals surface area (Å²) in [5.41, 5.74) is -0.0694. The lowest BCUT2D eigenvalue weighted by Crippen LogP contribution is -2.04. The molecule has 1 aromatic rings. The van der Waals surface area contributed by atoms with E-state index in [1.54, 1.807) is 0 Å². The Bertz CT molecular complexity index is 349. The van der Waals surface area contributed by atoms with Crippen molar-refractivity contribution in [2.45, 2.75) is 0 Å². The lowest BCUT2D eigenvalue weighted by molar-refractivity contribution is 0.0901. The number of phenols is 1. The summed E-state index contributed by atoms with van der Waals surface area (Å²) in [4.78, 5) is 11.0. The number of carbonyl (C=O) groups excluding carboxylic acids is 1. The lowest BCUT2D eigenvalue weighted by Gasteiger charge is -2.03. The number of hydrogen-bond acceptors (Lipinski definition) is 3. The van der Waals surface area contributed by atoms with Crippen molar-refractivity contribution >= 4 is 29.0 Å². The highest BCUT2D eigenvalue weighted by Crippen LogP contribution is 2.31. The largest absolute Gasteiger partial charge is 0.506 e. The molecular formula is C8H6Cl2O3. The number of Topliss-reactive ketones (excluding diaryl/α,β-unsaturated/α-hetero) is 1. The molecule has 0 aromatic heterocycles. The maximum atomic E-state index is 11.0. The van der Waals surface area contributed by atoms with Gasteiger partial charge in [0.1, 0.15) is 12.4 Å². The number of aliphatic hydroxyl groups excluding tert-OH is 1. The second-order valence-corrected chi connectivity index (χ2v) is 3.21. The minimum atomic E-state index is -0.690. The third-order valence-electron chi connectivity index (χ3n) is 1.47. The molecule has 0 unspecified atom stereocenters. The number of rotatable bonds is 2. The Morgan fingerprint density at radius 2 is 2.00 bits per heavy atom. The fourth-order valence-corrected chi connectivity index (χ4v) is 1.36. The average Bonchev–Trinajstić information content (AvgIpc) is 2.10. The van der Waals surface area contributed by atoms with Crippen LogP contribution in [0.1, 0.15) is 10.4 Å². The third-order valence-corrected chi connectivity index (χ3v) is 1.98. The summed E-state index contributed by atoms with van der Waals surface area (Å²) in [6.45, 7) is -0.690. The zero-order valence-corrected chi connectivity index (χ0v) is 7.93. The number of phenolic OH excluding ortho intramolecular Hbond substituents is 1. The average molecular weight is 221 g/mol. The van der Waals surface area contributed by atoms with Crippen molar-refractivity contribution in [2.75, 3.05) is 6.61 Å². The molecule has 0 atom stereocenters. The Labute approximate surface area is 84.5 Å². The molecule has 0 aliphatic rings. The first-order valence-electron chi connectivity index (χ1n) is 3.38. The first kappa shape index (κ1) is 10.3. The van der Waals surface area contributed by atoms with E-state index in [1.165, 1.54) is 12.1 Å². The molecule has 0 aliphatic heterocycles. The Morgan fingerprint density at radius 3 is 2.54 bits per heavy atom. The number of aromatic hydroxyl groups is 1. The minimum Gasteiger partial charge on any atom is -0.506 e. The maximum absolute atomic E-state index is 11.0. The molecule has 0 fully saturated rings. The molecule has 0 spiro atoms. The Morgan fingerprint density at radius 1 is 1.38 bits per heavy atom. The van der Waals surface area contributed by atoms with Crippen LogP contribution in [-0.2, 0) is 0 Å². The molecule has 3 nitrogen and oxygen atoms in total. The van der Waals surface area contributed by atoms with Crippen molar-refractivity contribution in [3.8, 4) is 5.75 Å². The van der Waals surface area contributed by atoms with E-state index in [0.717, 1.165) is 0 Å². The summed E-state index contributed by atoms with van der Waals surface area (Å²) in [5, 5.41) is 18.1. The SMILES string of the molecule is O=C(CO)c1cc(Cl)cc(Cl)c1O. The van der Waals surface area contributed by atoms with Crippen molar-refractivity contribution in [1.29, 1.82) is 0 Å². The fourth-order valence-electron chi connectivity index (χ4n) is 0.864. The van der Waals surface area contributed by atoms with Crippen LogP contribution in [0, 0.1) is 0 Å². The van der Waals surface area contributed by atoms with Gasteiger partial charge >= 0.3 is 0 Å². The molecule has 70 valence electrons. The second kappa shape index (κ2) is 3.96. The molecule has 0 aliphatic carbocycles. The van der Waals surface area contributed by atoms with Crippen molar-refractivity contribution in [1.82, 2.24) is 0 Å². The van der Waals surface area contributed by atoms with Gasteiger partial charge in [-0.25, -0.2) is 0 Å². The molecule has 1 rings (SSSR count). The molecule has 0 amide bonds. The fraction of sp³-hybridized carbons (Fsp3) is 0.125. The Hall–Kier alpha value is -0.770. The zero-order valence-electron chi connectivity index (χ0n) is 6.42. The van der Waals surface area contributed by atoms with Crippen molar-refractivity contribution in [3.63, 3.8) is 0 Å². The normalized spacial score (nSPS) is 10.1.